The third-order valence-electron chi connectivity index (χ3n) is 5.97. The molecule has 164 valence electrons. The van der Waals surface area contributed by atoms with Gasteiger partial charge in [-0.15, -0.1) is 0 Å². The number of halogens is 1. The standard InChI is InChI=1S/C23H20BrN3O5/c1-25-19-17(22(30)26(2)23(25)31)18(12-3-6-14(24)7-4-12)27-9-10-32-21(20(19)27)13-5-8-15(28)16(29)11-13/h3-8,11,21,28-29H,9-10H2,1-2H3/t21-/m0/s1. The summed E-state index contributed by atoms with van der Waals surface area (Å²) in [6.45, 7) is 0.866. The van der Waals surface area contributed by atoms with E-state index in [1.807, 2.05) is 28.8 Å². The second-order valence-electron chi connectivity index (χ2n) is 7.82. The molecule has 4 aromatic rings. The number of nitrogens with zero attached hydrogens (tertiary/aromatic N) is 3. The highest BCUT2D eigenvalue weighted by Gasteiger charge is 2.33. The van der Waals surface area contributed by atoms with Crippen LogP contribution in [0.4, 0.5) is 0 Å². The van der Waals surface area contributed by atoms with Crippen LogP contribution in [0.5, 0.6) is 11.5 Å². The molecule has 0 unspecified atom stereocenters. The molecule has 1 aliphatic rings. The van der Waals surface area contributed by atoms with Crippen molar-refractivity contribution >= 4 is 26.8 Å². The number of ether oxygens (including phenoxy) is 1. The predicted molar refractivity (Wildman–Crippen MR) is 123 cm³/mol. The van der Waals surface area contributed by atoms with Gasteiger partial charge in [0.2, 0.25) is 0 Å². The number of fused-ring (bicyclic) bond motifs is 3. The average Bonchev–Trinajstić information content (AvgIpc) is 3.14. The summed E-state index contributed by atoms with van der Waals surface area (Å²) in [4.78, 5) is 26.2. The summed E-state index contributed by atoms with van der Waals surface area (Å²) in [5.41, 5.74) is 2.51. The van der Waals surface area contributed by atoms with Crippen LogP contribution in [0.2, 0.25) is 0 Å². The molecule has 8 nitrogen and oxygen atoms in total. The van der Waals surface area contributed by atoms with Crippen LogP contribution in [0.25, 0.3) is 22.2 Å². The average molecular weight is 498 g/mol. The number of benzene rings is 2. The molecule has 2 aromatic carbocycles. The zero-order valence-electron chi connectivity index (χ0n) is 17.4. The van der Waals surface area contributed by atoms with Crippen LogP contribution in [-0.4, -0.2) is 30.5 Å². The molecule has 0 spiro atoms. The van der Waals surface area contributed by atoms with E-state index in [-0.39, 0.29) is 17.1 Å². The normalized spacial score (nSPS) is 15.8. The first-order chi connectivity index (χ1) is 15.3. The summed E-state index contributed by atoms with van der Waals surface area (Å²) >= 11 is 3.45. The Morgan fingerprint density at radius 3 is 2.41 bits per heavy atom. The third-order valence-corrected chi connectivity index (χ3v) is 6.50. The van der Waals surface area contributed by atoms with E-state index in [0.717, 1.165) is 20.3 Å². The molecule has 1 aliphatic heterocycles. The van der Waals surface area contributed by atoms with Gasteiger partial charge in [0.15, 0.2) is 11.5 Å². The lowest BCUT2D eigenvalue weighted by Gasteiger charge is -2.28. The minimum atomic E-state index is -0.639. The monoisotopic (exact) mass is 497 g/mol. The summed E-state index contributed by atoms with van der Waals surface area (Å²) in [5.74, 6) is -0.501. The van der Waals surface area contributed by atoms with Gasteiger partial charge in [-0.1, -0.05) is 34.1 Å². The number of phenols is 2. The van der Waals surface area contributed by atoms with E-state index in [2.05, 4.69) is 15.9 Å². The van der Waals surface area contributed by atoms with E-state index in [1.165, 1.54) is 23.7 Å². The second-order valence-corrected chi connectivity index (χ2v) is 8.74. The van der Waals surface area contributed by atoms with Gasteiger partial charge in [0.05, 0.1) is 28.9 Å². The topological polar surface area (TPSA) is 98.6 Å². The molecule has 0 radical (unpaired) electrons. The van der Waals surface area contributed by atoms with E-state index in [9.17, 15) is 19.8 Å². The van der Waals surface area contributed by atoms with Gasteiger partial charge in [0, 0.05) is 25.1 Å². The van der Waals surface area contributed by atoms with Crippen molar-refractivity contribution in [1.29, 1.82) is 0 Å². The smallest absolute Gasteiger partial charge is 0.331 e. The van der Waals surface area contributed by atoms with Crippen molar-refractivity contribution in [1.82, 2.24) is 13.7 Å². The Morgan fingerprint density at radius 2 is 1.72 bits per heavy atom. The van der Waals surface area contributed by atoms with Gasteiger partial charge in [-0.2, -0.15) is 0 Å². The van der Waals surface area contributed by atoms with Gasteiger partial charge in [-0.05, 0) is 35.4 Å². The Bertz CT molecular complexity index is 1500. The van der Waals surface area contributed by atoms with Crippen LogP contribution in [-0.2, 0) is 25.4 Å². The maximum Gasteiger partial charge on any atom is 0.331 e. The van der Waals surface area contributed by atoms with E-state index >= 15 is 0 Å². The number of phenolic OH excluding ortho intramolecular Hbond substituents is 2. The highest BCUT2D eigenvalue weighted by molar-refractivity contribution is 9.10. The van der Waals surface area contributed by atoms with Crippen LogP contribution < -0.4 is 11.2 Å². The number of aryl methyl sites for hydroxylation is 1. The molecular weight excluding hydrogens is 478 g/mol. The summed E-state index contributed by atoms with van der Waals surface area (Å²) in [7, 11) is 3.11. The lowest BCUT2D eigenvalue weighted by Crippen LogP contribution is -2.37. The van der Waals surface area contributed by atoms with E-state index in [4.69, 9.17) is 4.74 Å². The maximum atomic E-state index is 13.3. The summed E-state index contributed by atoms with van der Waals surface area (Å²) in [6, 6.07) is 12.2. The van der Waals surface area contributed by atoms with E-state index < -0.39 is 11.8 Å². The maximum absolute atomic E-state index is 13.3. The van der Waals surface area contributed by atoms with Crippen LogP contribution in [0.3, 0.4) is 0 Å². The minimum absolute atomic E-state index is 0.235. The molecule has 0 saturated carbocycles. The van der Waals surface area contributed by atoms with Crippen molar-refractivity contribution in [3.8, 4) is 22.8 Å². The van der Waals surface area contributed by atoms with Gasteiger partial charge in [-0.25, -0.2) is 4.79 Å². The molecule has 0 fully saturated rings. The summed E-state index contributed by atoms with van der Waals surface area (Å²) < 4.78 is 11.6. The molecule has 32 heavy (non-hydrogen) atoms. The van der Waals surface area contributed by atoms with Gasteiger partial charge in [-0.3, -0.25) is 13.9 Å². The molecule has 1 atom stereocenters. The Balaban J connectivity index is 1.93. The lowest BCUT2D eigenvalue weighted by atomic mass is 10.0. The van der Waals surface area contributed by atoms with Crippen molar-refractivity contribution < 1.29 is 14.9 Å². The van der Waals surface area contributed by atoms with Gasteiger partial charge < -0.3 is 19.5 Å². The third kappa shape index (κ3) is 2.92. The fourth-order valence-electron chi connectivity index (χ4n) is 4.45. The first-order valence-corrected chi connectivity index (χ1v) is 10.8. The highest BCUT2D eigenvalue weighted by atomic mass is 79.9. The minimum Gasteiger partial charge on any atom is -0.504 e. The molecule has 2 aromatic heterocycles. The SMILES string of the molecule is Cn1c(=O)c2c(-c3ccc(Br)cc3)n3c(c2n(C)c1=O)[C@H](c1ccc(O)c(O)c1)OCC3. The Labute approximate surface area is 190 Å². The summed E-state index contributed by atoms with van der Waals surface area (Å²) in [6.07, 6.45) is -0.639. The zero-order valence-corrected chi connectivity index (χ0v) is 19.0. The lowest BCUT2D eigenvalue weighted by molar-refractivity contribution is 0.0477. The number of rotatable bonds is 2. The molecular formula is C23H20BrN3O5. The molecule has 9 heteroatoms. The van der Waals surface area contributed by atoms with Gasteiger partial charge in [0.25, 0.3) is 5.56 Å². The molecule has 0 bridgehead atoms. The molecule has 3 heterocycles. The Hall–Kier alpha value is -3.30. The molecule has 5 rings (SSSR count). The quantitative estimate of drug-likeness (QED) is 0.414. The molecule has 0 aliphatic carbocycles. The fourth-order valence-corrected chi connectivity index (χ4v) is 4.71. The number of aromatic nitrogens is 3. The number of hydrogen-bond donors (Lipinski definition) is 2. The Morgan fingerprint density at radius 1 is 1.00 bits per heavy atom. The van der Waals surface area contributed by atoms with Crippen LogP contribution >= 0.6 is 15.9 Å². The van der Waals surface area contributed by atoms with Crippen LogP contribution in [0.15, 0.2) is 56.5 Å². The van der Waals surface area contributed by atoms with Crippen LogP contribution in [0, 0.1) is 0 Å². The van der Waals surface area contributed by atoms with E-state index in [1.54, 1.807) is 13.1 Å². The molecule has 0 amide bonds. The number of hydrogen-bond acceptors (Lipinski definition) is 5. The van der Waals surface area contributed by atoms with Gasteiger partial charge >= 0.3 is 5.69 Å². The second kappa shape index (κ2) is 7.39. The largest absolute Gasteiger partial charge is 0.504 e. The molecule has 0 saturated heterocycles. The zero-order chi connectivity index (χ0) is 22.7. The van der Waals surface area contributed by atoms with Crippen molar-refractivity contribution in [3.63, 3.8) is 0 Å². The van der Waals surface area contributed by atoms with Crippen molar-refractivity contribution in [3.05, 3.63) is 79.0 Å². The van der Waals surface area contributed by atoms with E-state index in [0.29, 0.717) is 35.3 Å². The first kappa shape index (κ1) is 20.6. The highest BCUT2D eigenvalue weighted by Crippen LogP contribution is 2.42. The van der Waals surface area contributed by atoms with Crippen molar-refractivity contribution in [2.24, 2.45) is 14.1 Å². The first-order valence-electron chi connectivity index (χ1n) is 10.0. The van der Waals surface area contributed by atoms with Crippen molar-refractivity contribution in [2.45, 2.75) is 12.6 Å². The summed E-state index contributed by atoms with van der Waals surface area (Å²) in [5, 5.41) is 20.2. The van der Waals surface area contributed by atoms with Crippen LogP contribution in [0.1, 0.15) is 17.4 Å². The number of aromatic hydroxyl groups is 2. The fraction of sp³-hybridized carbons (Fsp3) is 0.217. The van der Waals surface area contributed by atoms with Gasteiger partial charge in [0.1, 0.15) is 6.10 Å². The Kier molecular flexibility index (Phi) is 4.75. The van der Waals surface area contributed by atoms with Crippen molar-refractivity contribution in [2.75, 3.05) is 6.61 Å². The predicted octanol–water partition coefficient (Wildman–Crippen LogP) is 3.00. The molecule has 2 N–H and O–H groups in total.